The topological polar surface area (TPSA) is 39.6 Å². The summed E-state index contributed by atoms with van der Waals surface area (Å²) in [5.41, 5.74) is 4.98. The van der Waals surface area contributed by atoms with E-state index in [1.807, 2.05) is 19.1 Å². The van der Waals surface area contributed by atoms with Crippen LogP contribution in [0.1, 0.15) is 38.4 Å². The van der Waals surface area contributed by atoms with Crippen LogP contribution in [0.5, 0.6) is 0 Å². The van der Waals surface area contributed by atoms with Gasteiger partial charge in [0.15, 0.2) is 0 Å². The van der Waals surface area contributed by atoms with Crippen molar-refractivity contribution in [3.8, 4) is 6.07 Å². The van der Waals surface area contributed by atoms with Gasteiger partial charge >= 0.3 is 0 Å². The van der Waals surface area contributed by atoms with Crippen LogP contribution in [0.2, 0.25) is 0 Å². The minimum Gasteiger partial charge on any atom is -0.357 e. The number of hydrogen-bond donors (Lipinski definition) is 1. The van der Waals surface area contributed by atoms with Gasteiger partial charge in [-0.25, -0.2) is 0 Å². The van der Waals surface area contributed by atoms with Crippen LogP contribution in [0.15, 0.2) is 42.5 Å². The Morgan fingerprint density at radius 3 is 2.71 bits per heavy atom. The summed E-state index contributed by atoms with van der Waals surface area (Å²) in [5, 5.41) is 11.1. The zero-order valence-electron chi connectivity index (χ0n) is 14.3. The van der Waals surface area contributed by atoms with Crippen LogP contribution < -0.4 is 0 Å². The van der Waals surface area contributed by atoms with E-state index in [0.717, 1.165) is 17.5 Å². The number of benzene rings is 1. The zero-order chi connectivity index (χ0) is 17.3. The molecule has 0 saturated heterocycles. The molecule has 1 heterocycles. The average Bonchev–Trinajstić information content (AvgIpc) is 3.04. The number of aromatic amines is 1. The van der Waals surface area contributed by atoms with Gasteiger partial charge in [-0.3, -0.25) is 0 Å². The van der Waals surface area contributed by atoms with Crippen LogP contribution in [0.4, 0.5) is 0 Å². The fourth-order valence-corrected chi connectivity index (χ4v) is 5.01. The van der Waals surface area contributed by atoms with Crippen molar-refractivity contribution in [1.29, 1.82) is 5.26 Å². The number of halogens is 1. The van der Waals surface area contributed by atoms with Crippen molar-refractivity contribution in [2.24, 2.45) is 11.3 Å². The van der Waals surface area contributed by atoms with Gasteiger partial charge in [-0.2, -0.15) is 5.26 Å². The Morgan fingerprint density at radius 1 is 1.33 bits per heavy atom. The Labute approximate surface area is 147 Å². The first-order chi connectivity index (χ1) is 11.4. The Kier molecular flexibility index (Phi) is 3.09. The quantitative estimate of drug-likeness (QED) is 0.537. The fraction of sp³-hybridized carbons (Fsp3) is 0.381. The predicted octanol–water partition coefficient (Wildman–Crippen LogP) is 5.56. The zero-order valence-corrected chi connectivity index (χ0v) is 15.0. The third-order valence-corrected chi connectivity index (χ3v) is 6.91. The molecule has 0 aliphatic heterocycles. The molecule has 24 heavy (non-hydrogen) atoms. The SMILES string of the molecule is C=CC1(C)C(C#N)=C2c3c([nH]c4ccccc34)C(C)(C)C2CC1Cl. The third kappa shape index (κ3) is 1.66. The molecule has 3 unspecified atom stereocenters. The molecule has 2 aliphatic carbocycles. The molecular weight excluding hydrogens is 316 g/mol. The second-order valence-corrected chi connectivity index (χ2v) is 8.31. The molecule has 0 amide bonds. The molecule has 1 N–H and O–H groups in total. The summed E-state index contributed by atoms with van der Waals surface area (Å²) in [6.45, 7) is 10.5. The summed E-state index contributed by atoms with van der Waals surface area (Å²) in [6, 6.07) is 10.8. The number of nitriles is 1. The highest BCUT2D eigenvalue weighted by Gasteiger charge is 2.54. The number of rotatable bonds is 1. The van der Waals surface area contributed by atoms with Gasteiger partial charge in [0, 0.05) is 43.9 Å². The van der Waals surface area contributed by atoms with E-state index in [9.17, 15) is 5.26 Å². The summed E-state index contributed by atoms with van der Waals surface area (Å²) in [7, 11) is 0. The summed E-state index contributed by atoms with van der Waals surface area (Å²) in [5.74, 6) is 0.258. The van der Waals surface area contributed by atoms with E-state index in [1.54, 1.807) is 0 Å². The highest BCUT2D eigenvalue weighted by Crippen LogP contribution is 2.61. The molecule has 3 heteroatoms. The van der Waals surface area contributed by atoms with Crippen LogP contribution in [-0.2, 0) is 5.41 Å². The number of allylic oxidation sites excluding steroid dienone is 3. The molecule has 1 aromatic carbocycles. The first-order valence-electron chi connectivity index (χ1n) is 8.40. The van der Waals surface area contributed by atoms with Gasteiger partial charge in [0.2, 0.25) is 0 Å². The second-order valence-electron chi connectivity index (χ2n) is 7.79. The van der Waals surface area contributed by atoms with Gasteiger partial charge in [0.05, 0.1) is 6.07 Å². The molecule has 0 fully saturated rings. The fourth-order valence-electron chi connectivity index (χ4n) is 4.64. The van der Waals surface area contributed by atoms with Crippen molar-refractivity contribution in [3.05, 3.63) is 53.8 Å². The van der Waals surface area contributed by atoms with Crippen LogP contribution in [-0.4, -0.2) is 10.4 Å². The Bertz CT molecular complexity index is 940. The largest absolute Gasteiger partial charge is 0.357 e. The standard InChI is InChI=1S/C21H21ClN2/c1-5-21(4)14(11-23)18-13(10-16(21)22)20(2,3)19-17(18)12-8-6-7-9-15(12)24-19/h5-9,13,16,24H,1,10H2,2-4H3. The van der Waals surface area contributed by atoms with Crippen molar-refractivity contribution in [1.82, 2.24) is 4.98 Å². The highest BCUT2D eigenvalue weighted by atomic mass is 35.5. The summed E-state index contributed by atoms with van der Waals surface area (Å²) >= 11 is 6.75. The number of para-hydroxylation sites is 1. The minimum absolute atomic E-state index is 0.0680. The van der Waals surface area contributed by atoms with Gasteiger partial charge in [-0.1, -0.05) is 38.1 Å². The number of aromatic nitrogens is 1. The lowest BCUT2D eigenvalue weighted by atomic mass is 9.63. The average molecular weight is 337 g/mol. The van der Waals surface area contributed by atoms with Crippen molar-refractivity contribution in [2.75, 3.05) is 0 Å². The second kappa shape index (κ2) is 4.77. The van der Waals surface area contributed by atoms with E-state index in [4.69, 9.17) is 11.6 Å². The highest BCUT2D eigenvalue weighted by molar-refractivity contribution is 6.22. The van der Waals surface area contributed by atoms with E-state index >= 15 is 0 Å². The molecule has 4 rings (SSSR count). The Balaban J connectivity index is 2.15. The van der Waals surface area contributed by atoms with Crippen molar-refractivity contribution >= 4 is 28.1 Å². The normalized spacial score (nSPS) is 30.8. The van der Waals surface area contributed by atoms with Gasteiger partial charge in [-0.05, 0) is 30.9 Å². The Hall–Kier alpha value is -1.98. The van der Waals surface area contributed by atoms with E-state index in [-0.39, 0.29) is 16.7 Å². The molecule has 2 nitrogen and oxygen atoms in total. The number of nitrogens with zero attached hydrogens (tertiary/aromatic N) is 1. The van der Waals surface area contributed by atoms with Crippen LogP contribution >= 0.6 is 11.6 Å². The van der Waals surface area contributed by atoms with Gasteiger partial charge in [0.1, 0.15) is 0 Å². The van der Waals surface area contributed by atoms with Gasteiger partial charge < -0.3 is 4.98 Å². The molecule has 2 aliphatic rings. The van der Waals surface area contributed by atoms with E-state index in [0.29, 0.717) is 0 Å². The molecule has 1 aromatic heterocycles. The molecule has 0 saturated carbocycles. The van der Waals surface area contributed by atoms with Crippen molar-refractivity contribution in [3.63, 3.8) is 0 Å². The van der Waals surface area contributed by atoms with E-state index in [1.165, 1.54) is 22.2 Å². The lowest BCUT2D eigenvalue weighted by molar-refractivity contribution is 0.321. The Morgan fingerprint density at radius 2 is 2.04 bits per heavy atom. The van der Waals surface area contributed by atoms with Gasteiger partial charge in [0.25, 0.3) is 0 Å². The van der Waals surface area contributed by atoms with E-state index in [2.05, 4.69) is 49.7 Å². The summed E-state index contributed by atoms with van der Waals surface area (Å²) in [4.78, 5) is 3.62. The summed E-state index contributed by atoms with van der Waals surface area (Å²) in [6.07, 6.45) is 2.71. The molecular formula is C21H21ClN2. The maximum absolute atomic E-state index is 10.0. The first-order valence-corrected chi connectivity index (χ1v) is 8.84. The summed E-state index contributed by atoms with van der Waals surface area (Å²) < 4.78 is 0. The molecule has 0 radical (unpaired) electrons. The van der Waals surface area contributed by atoms with Crippen molar-refractivity contribution in [2.45, 2.75) is 38.0 Å². The predicted molar refractivity (Wildman–Crippen MR) is 99.9 cm³/mol. The monoisotopic (exact) mass is 336 g/mol. The number of nitrogens with one attached hydrogen (secondary N) is 1. The molecule has 0 spiro atoms. The van der Waals surface area contributed by atoms with Crippen LogP contribution in [0, 0.1) is 22.7 Å². The molecule has 122 valence electrons. The van der Waals surface area contributed by atoms with Crippen molar-refractivity contribution < 1.29 is 0 Å². The first kappa shape index (κ1) is 15.5. The number of fused-ring (bicyclic) bond motifs is 5. The lowest BCUT2D eigenvalue weighted by Gasteiger charge is -2.42. The van der Waals surface area contributed by atoms with Crippen LogP contribution in [0.25, 0.3) is 16.5 Å². The number of alkyl halides is 1. The third-order valence-electron chi connectivity index (χ3n) is 6.28. The van der Waals surface area contributed by atoms with Gasteiger partial charge in [-0.15, -0.1) is 18.2 Å². The molecule has 3 atom stereocenters. The molecule has 0 bridgehead atoms. The molecule has 2 aromatic rings. The maximum atomic E-state index is 10.0. The number of H-pyrrole nitrogens is 1. The lowest BCUT2D eigenvalue weighted by Crippen LogP contribution is -2.39. The number of hydrogen-bond acceptors (Lipinski definition) is 1. The van der Waals surface area contributed by atoms with Crippen LogP contribution in [0.3, 0.4) is 0 Å². The maximum Gasteiger partial charge on any atom is 0.0960 e. The minimum atomic E-state index is -0.488. The smallest absolute Gasteiger partial charge is 0.0960 e. The van der Waals surface area contributed by atoms with E-state index < -0.39 is 5.41 Å².